The minimum atomic E-state index is -0.0978. The molecule has 0 saturated carbocycles. The van der Waals surface area contributed by atoms with E-state index in [4.69, 9.17) is 0 Å². The van der Waals surface area contributed by atoms with Crippen LogP contribution in [0.5, 0.6) is 5.75 Å². The first-order valence-corrected chi connectivity index (χ1v) is 8.10. The van der Waals surface area contributed by atoms with Crippen molar-refractivity contribution in [3.63, 3.8) is 0 Å². The average molecular weight is 356 g/mol. The molecule has 8 heteroatoms. The van der Waals surface area contributed by atoms with Crippen LogP contribution in [0.25, 0.3) is 10.1 Å². The number of Topliss-reactive ketones (excluding diaryl/α,β-unsaturated/α-hetero) is 1. The highest BCUT2D eigenvalue weighted by molar-refractivity contribution is 7.99. The first kappa shape index (κ1) is 16.8. The molecule has 1 aromatic carbocycles. The number of carbonyl (C=O) groups is 1. The highest BCUT2D eigenvalue weighted by Crippen LogP contribution is 2.37. The van der Waals surface area contributed by atoms with Gasteiger partial charge in [-0.15, -0.1) is 33.9 Å². The van der Waals surface area contributed by atoms with E-state index in [1.54, 1.807) is 0 Å². The molecule has 0 bridgehead atoms. The van der Waals surface area contributed by atoms with Crippen LogP contribution in [0, 0.1) is 6.92 Å². The third kappa shape index (κ3) is 2.97. The van der Waals surface area contributed by atoms with Gasteiger partial charge in [0.15, 0.2) is 10.9 Å². The molecule has 0 amide bonds. The second-order valence-electron chi connectivity index (χ2n) is 4.58. The quantitative estimate of drug-likeness (QED) is 0.573. The zero-order chi connectivity index (χ0) is 15.0. The van der Waals surface area contributed by atoms with Crippen LogP contribution in [-0.2, 0) is 7.05 Å². The number of aromatic nitrogens is 3. The van der Waals surface area contributed by atoms with Crippen molar-refractivity contribution in [3.05, 3.63) is 35.0 Å². The molecule has 22 heavy (non-hydrogen) atoms. The highest BCUT2D eigenvalue weighted by atomic mass is 35.5. The Labute approximate surface area is 141 Å². The van der Waals surface area contributed by atoms with Crippen LogP contribution in [0.3, 0.4) is 0 Å². The van der Waals surface area contributed by atoms with Crippen molar-refractivity contribution in [1.82, 2.24) is 14.8 Å². The Hall–Kier alpha value is -1.57. The van der Waals surface area contributed by atoms with Gasteiger partial charge in [-0.2, -0.15) is 0 Å². The zero-order valence-corrected chi connectivity index (χ0v) is 14.4. The number of halogens is 1. The topological polar surface area (TPSA) is 68.0 Å². The van der Waals surface area contributed by atoms with Crippen molar-refractivity contribution < 1.29 is 9.90 Å². The number of thioether (sulfide) groups is 1. The maximum atomic E-state index is 12.3. The summed E-state index contributed by atoms with van der Waals surface area (Å²) in [6.07, 6.45) is 0. The van der Waals surface area contributed by atoms with Gasteiger partial charge in [0.05, 0.1) is 5.75 Å². The molecular formula is C14H14ClN3O2S2. The van der Waals surface area contributed by atoms with Crippen molar-refractivity contribution in [2.24, 2.45) is 7.05 Å². The maximum Gasteiger partial charge on any atom is 0.191 e. The molecule has 0 saturated heterocycles. The lowest BCUT2D eigenvalue weighted by Gasteiger charge is -2.00. The summed E-state index contributed by atoms with van der Waals surface area (Å²) in [5, 5.41) is 19.5. The molecule has 0 aliphatic carbocycles. The summed E-state index contributed by atoms with van der Waals surface area (Å²) in [6, 6.07) is 7.45. The molecule has 5 nitrogen and oxygen atoms in total. The Bertz CT molecular complexity index is 829. The fourth-order valence-corrected chi connectivity index (χ4v) is 3.88. The number of benzene rings is 1. The van der Waals surface area contributed by atoms with E-state index in [2.05, 4.69) is 10.2 Å². The fourth-order valence-electron chi connectivity index (χ4n) is 1.93. The third-order valence-electron chi connectivity index (χ3n) is 3.21. The summed E-state index contributed by atoms with van der Waals surface area (Å²) in [6.45, 7) is 1.86. The fraction of sp³-hybridized carbons (Fsp3) is 0.214. The van der Waals surface area contributed by atoms with Crippen LogP contribution in [0.1, 0.15) is 15.5 Å². The van der Waals surface area contributed by atoms with Gasteiger partial charge in [-0.05, 0) is 19.1 Å². The summed E-state index contributed by atoms with van der Waals surface area (Å²) in [4.78, 5) is 12.7. The highest BCUT2D eigenvalue weighted by Gasteiger charge is 2.18. The van der Waals surface area contributed by atoms with Crippen LogP contribution < -0.4 is 0 Å². The molecule has 0 radical (unpaired) electrons. The lowest BCUT2D eigenvalue weighted by Crippen LogP contribution is -2.02. The number of rotatable bonds is 4. The molecule has 2 aromatic heterocycles. The van der Waals surface area contributed by atoms with E-state index in [1.807, 2.05) is 42.8 Å². The lowest BCUT2D eigenvalue weighted by molar-refractivity contribution is 0.102. The van der Waals surface area contributed by atoms with Crippen molar-refractivity contribution >= 4 is 51.4 Å². The van der Waals surface area contributed by atoms with E-state index in [9.17, 15) is 9.90 Å². The molecule has 116 valence electrons. The number of fused-ring (bicyclic) bond motifs is 1. The Balaban J connectivity index is 0.00000176. The van der Waals surface area contributed by atoms with Crippen molar-refractivity contribution in [1.29, 1.82) is 0 Å². The predicted molar refractivity (Wildman–Crippen MR) is 91.5 cm³/mol. The number of aryl methyl sites for hydroxylation is 1. The summed E-state index contributed by atoms with van der Waals surface area (Å²) < 4.78 is 2.75. The summed E-state index contributed by atoms with van der Waals surface area (Å²) >= 11 is 2.65. The lowest BCUT2D eigenvalue weighted by atomic mass is 10.2. The van der Waals surface area contributed by atoms with Crippen LogP contribution >= 0.6 is 35.5 Å². The van der Waals surface area contributed by atoms with Crippen LogP contribution in [0.2, 0.25) is 0 Å². The average Bonchev–Trinajstić information content (AvgIpc) is 2.99. The minimum Gasteiger partial charge on any atom is -0.506 e. The molecular weight excluding hydrogens is 342 g/mol. The number of hydrogen-bond donors (Lipinski definition) is 1. The van der Waals surface area contributed by atoms with Gasteiger partial charge < -0.3 is 9.67 Å². The van der Waals surface area contributed by atoms with Gasteiger partial charge in [0, 0.05) is 17.1 Å². The molecule has 0 atom stereocenters. The van der Waals surface area contributed by atoms with E-state index in [1.165, 1.54) is 23.1 Å². The minimum absolute atomic E-state index is 0. The van der Waals surface area contributed by atoms with Gasteiger partial charge in [0.25, 0.3) is 0 Å². The Morgan fingerprint density at radius 2 is 2.09 bits per heavy atom. The van der Waals surface area contributed by atoms with E-state index in [0.29, 0.717) is 10.0 Å². The third-order valence-corrected chi connectivity index (χ3v) is 5.43. The number of ketones is 1. The molecule has 3 rings (SSSR count). The Kier molecular flexibility index (Phi) is 5.10. The smallest absolute Gasteiger partial charge is 0.191 e. The van der Waals surface area contributed by atoms with Gasteiger partial charge in [-0.25, -0.2) is 0 Å². The van der Waals surface area contributed by atoms with Crippen molar-refractivity contribution in [2.45, 2.75) is 12.1 Å². The van der Waals surface area contributed by atoms with Gasteiger partial charge in [-0.3, -0.25) is 4.79 Å². The monoisotopic (exact) mass is 355 g/mol. The molecule has 0 aliphatic heterocycles. The van der Waals surface area contributed by atoms with E-state index in [-0.39, 0.29) is 29.7 Å². The first-order chi connectivity index (χ1) is 10.1. The van der Waals surface area contributed by atoms with Crippen molar-refractivity contribution in [2.75, 3.05) is 5.75 Å². The van der Waals surface area contributed by atoms with Crippen LogP contribution in [-0.4, -0.2) is 31.4 Å². The van der Waals surface area contributed by atoms with E-state index < -0.39 is 0 Å². The zero-order valence-electron chi connectivity index (χ0n) is 11.9. The molecule has 3 aromatic rings. The molecule has 0 unspecified atom stereocenters. The van der Waals surface area contributed by atoms with Crippen molar-refractivity contribution in [3.8, 4) is 5.75 Å². The molecule has 2 heterocycles. The summed E-state index contributed by atoms with van der Waals surface area (Å²) in [5.41, 5.74) is 0. The predicted octanol–water partition coefficient (Wildman–Crippen LogP) is 3.44. The van der Waals surface area contributed by atoms with E-state index >= 15 is 0 Å². The molecule has 0 aliphatic rings. The summed E-state index contributed by atoms with van der Waals surface area (Å²) in [5.74, 6) is 1.01. The molecule has 0 fully saturated rings. The number of carbonyl (C=O) groups excluding carboxylic acids is 1. The van der Waals surface area contributed by atoms with Gasteiger partial charge in [-0.1, -0.05) is 23.9 Å². The van der Waals surface area contributed by atoms with E-state index in [0.717, 1.165) is 15.9 Å². The van der Waals surface area contributed by atoms with Gasteiger partial charge in [0.1, 0.15) is 16.5 Å². The Morgan fingerprint density at radius 3 is 2.73 bits per heavy atom. The van der Waals surface area contributed by atoms with Gasteiger partial charge in [0.2, 0.25) is 0 Å². The molecule has 1 N–H and O–H groups in total. The van der Waals surface area contributed by atoms with Gasteiger partial charge >= 0.3 is 0 Å². The van der Waals surface area contributed by atoms with Crippen LogP contribution in [0.15, 0.2) is 29.4 Å². The largest absolute Gasteiger partial charge is 0.506 e. The number of nitrogens with zero attached hydrogens (tertiary/aromatic N) is 3. The number of aromatic hydroxyl groups is 1. The Morgan fingerprint density at radius 1 is 1.36 bits per heavy atom. The molecule has 0 spiro atoms. The second kappa shape index (κ2) is 6.68. The normalized spacial score (nSPS) is 10.6. The van der Waals surface area contributed by atoms with Crippen LogP contribution in [0.4, 0.5) is 0 Å². The summed E-state index contributed by atoms with van der Waals surface area (Å²) in [7, 11) is 1.86. The number of thiophene rings is 1. The second-order valence-corrected chi connectivity index (χ2v) is 6.57. The standard InChI is InChI=1S/C14H13N3O2S2.ClH/c1-8-15-16-14(17(8)2)20-7-10(18)13-12(19)9-5-3-4-6-11(9)21-13;/h3-6,19H,7H2,1-2H3;1H. The maximum absolute atomic E-state index is 12.3. The SMILES string of the molecule is Cc1nnc(SCC(=O)c2sc3ccccc3c2O)n1C.Cl. The first-order valence-electron chi connectivity index (χ1n) is 6.30. The number of hydrogen-bond acceptors (Lipinski definition) is 6.